The van der Waals surface area contributed by atoms with E-state index in [1.165, 1.54) is 0 Å². The number of fused-ring (bicyclic) bond motifs is 1. The SMILES string of the molecule is CC(C)c1c(Cl)cnc2ccc(O)cc12. The molecule has 78 valence electrons. The summed E-state index contributed by atoms with van der Waals surface area (Å²) in [5, 5.41) is 11.0. The van der Waals surface area contributed by atoms with E-state index in [9.17, 15) is 5.11 Å². The standard InChI is InChI=1S/C12H12ClNO/c1-7(2)12-9-5-8(15)3-4-11(9)14-6-10(12)13/h3-7,15H,1-2H3. The summed E-state index contributed by atoms with van der Waals surface area (Å²) in [5.74, 6) is 0.554. The van der Waals surface area contributed by atoms with Crippen molar-refractivity contribution < 1.29 is 5.11 Å². The Morgan fingerprint density at radius 2 is 2.07 bits per heavy atom. The molecule has 0 unspecified atom stereocenters. The largest absolute Gasteiger partial charge is 0.508 e. The number of rotatable bonds is 1. The Hall–Kier alpha value is -1.28. The number of hydrogen-bond donors (Lipinski definition) is 1. The van der Waals surface area contributed by atoms with Gasteiger partial charge in [-0.15, -0.1) is 0 Å². The summed E-state index contributed by atoms with van der Waals surface area (Å²) in [7, 11) is 0. The van der Waals surface area contributed by atoms with Crippen molar-refractivity contribution in [1.29, 1.82) is 0 Å². The van der Waals surface area contributed by atoms with Crippen LogP contribution in [0, 0.1) is 0 Å². The number of nitrogens with zero attached hydrogens (tertiary/aromatic N) is 1. The smallest absolute Gasteiger partial charge is 0.116 e. The lowest BCUT2D eigenvalue weighted by molar-refractivity contribution is 0.476. The monoisotopic (exact) mass is 221 g/mol. The van der Waals surface area contributed by atoms with E-state index in [0.29, 0.717) is 10.9 Å². The van der Waals surface area contributed by atoms with Crippen LogP contribution in [0.5, 0.6) is 5.75 Å². The van der Waals surface area contributed by atoms with Crippen LogP contribution in [0.15, 0.2) is 24.4 Å². The molecule has 1 aromatic heterocycles. The van der Waals surface area contributed by atoms with E-state index in [-0.39, 0.29) is 5.75 Å². The Morgan fingerprint density at radius 1 is 1.33 bits per heavy atom. The van der Waals surface area contributed by atoms with Crippen molar-refractivity contribution in [2.24, 2.45) is 0 Å². The molecule has 0 amide bonds. The molecule has 0 aliphatic heterocycles. The van der Waals surface area contributed by atoms with E-state index in [1.807, 2.05) is 0 Å². The minimum atomic E-state index is 0.244. The lowest BCUT2D eigenvalue weighted by atomic mass is 9.99. The quantitative estimate of drug-likeness (QED) is 0.796. The number of phenolic OH excluding ortho intramolecular Hbond substituents is 1. The number of pyridine rings is 1. The maximum absolute atomic E-state index is 9.46. The van der Waals surface area contributed by atoms with E-state index in [2.05, 4.69) is 18.8 Å². The van der Waals surface area contributed by atoms with E-state index < -0.39 is 0 Å². The molecular weight excluding hydrogens is 210 g/mol. The van der Waals surface area contributed by atoms with Crippen LogP contribution < -0.4 is 0 Å². The summed E-state index contributed by atoms with van der Waals surface area (Å²) >= 11 is 6.11. The highest BCUT2D eigenvalue weighted by atomic mass is 35.5. The highest BCUT2D eigenvalue weighted by Gasteiger charge is 2.11. The Morgan fingerprint density at radius 3 is 2.73 bits per heavy atom. The third-order valence-corrected chi connectivity index (χ3v) is 2.72. The van der Waals surface area contributed by atoms with Crippen molar-refractivity contribution in [2.45, 2.75) is 19.8 Å². The predicted molar refractivity (Wildman–Crippen MR) is 62.5 cm³/mol. The Kier molecular flexibility index (Phi) is 2.53. The third kappa shape index (κ3) is 1.77. The summed E-state index contributed by atoms with van der Waals surface area (Å²) in [4.78, 5) is 4.22. The first-order chi connectivity index (χ1) is 7.09. The zero-order valence-electron chi connectivity index (χ0n) is 8.66. The number of phenols is 1. The molecule has 2 nitrogen and oxygen atoms in total. The normalized spacial score (nSPS) is 11.2. The lowest BCUT2D eigenvalue weighted by Crippen LogP contribution is -1.93. The molecule has 1 heterocycles. The van der Waals surface area contributed by atoms with Gasteiger partial charge in [0.05, 0.1) is 10.5 Å². The average Bonchev–Trinajstić information content (AvgIpc) is 2.16. The molecular formula is C12H12ClNO. The molecule has 15 heavy (non-hydrogen) atoms. The van der Waals surface area contributed by atoms with Gasteiger partial charge in [-0.3, -0.25) is 4.98 Å². The van der Waals surface area contributed by atoms with Crippen LogP contribution in [0.1, 0.15) is 25.3 Å². The number of benzene rings is 1. The van der Waals surface area contributed by atoms with Crippen molar-refractivity contribution in [3.8, 4) is 5.75 Å². The third-order valence-electron chi connectivity index (χ3n) is 2.42. The summed E-state index contributed by atoms with van der Waals surface area (Å²) in [6.07, 6.45) is 1.66. The molecule has 0 bridgehead atoms. The number of aromatic nitrogens is 1. The van der Waals surface area contributed by atoms with Crippen LogP contribution in [0.4, 0.5) is 0 Å². The Bertz CT molecular complexity index is 503. The van der Waals surface area contributed by atoms with Crippen LogP contribution in [-0.4, -0.2) is 10.1 Å². The molecule has 0 aliphatic rings. The first kappa shape index (κ1) is 10.2. The topological polar surface area (TPSA) is 33.1 Å². The van der Waals surface area contributed by atoms with Gasteiger partial charge in [0.1, 0.15) is 5.75 Å². The van der Waals surface area contributed by atoms with Crippen molar-refractivity contribution in [2.75, 3.05) is 0 Å². The molecule has 0 atom stereocenters. The fourth-order valence-corrected chi connectivity index (χ4v) is 2.13. The predicted octanol–water partition coefficient (Wildman–Crippen LogP) is 3.72. The van der Waals surface area contributed by atoms with Gasteiger partial charge in [0.15, 0.2) is 0 Å². The molecule has 1 aromatic carbocycles. The van der Waals surface area contributed by atoms with Gasteiger partial charge in [0.2, 0.25) is 0 Å². The van der Waals surface area contributed by atoms with Gasteiger partial charge in [0, 0.05) is 11.6 Å². The molecule has 2 aromatic rings. The zero-order valence-corrected chi connectivity index (χ0v) is 9.42. The number of aromatic hydroxyl groups is 1. The molecule has 0 spiro atoms. The summed E-state index contributed by atoms with van der Waals surface area (Å²) in [6.45, 7) is 4.15. The van der Waals surface area contributed by atoms with E-state index in [0.717, 1.165) is 16.5 Å². The van der Waals surface area contributed by atoms with Crippen LogP contribution in [0.2, 0.25) is 5.02 Å². The van der Waals surface area contributed by atoms with Crippen LogP contribution in [-0.2, 0) is 0 Å². The summed E-state index contributed by atoms with van der Waals surface area (Å²) in [6, 6.07) is 5.14. The second kappa shape index (κ2) is 3.70. The minimum Gasteiger partial charge on any atom is -0.508 e. The fraction of sp³-hybridized carbons (Fsp3) is 0.250. The van der Waals surface area contributed by atoms with Gasteiger partial charge in [-0.2, -0.15) is 0 Å². The minimum absolute atomic E-state index is 0.244. The van der Waals surface area contributed by atoms with Gasteiger partial charge < -0.3 is 5.11 Å². The van der Waals surface area contributed by atoms with Gasteiger partial charge in [-0.05, 0) is 29.7 Å². The van der Waals surface area contributed by atoms with Crippen LogP contribution >= 0.6 is 11.6 Å². The fourth-order valence-electron chi connectivity index (χ4n) is 1.76. The highest BCUT2D eigenvalue weighted by molar-refractivity contribution is 6.32. The number of halogens is 1. The summed E-state index contributed by atoms with van der Waals surface area (Å²) < 4.78 is 0. The molecule has 0 fully saturated rings. The van der Waals surface area contributed by atoms with Crippen molar-refractivity contribution in [3.63, 3.8) is 0 Å². The maximum Gasteiger partial charge on any atom is 0.116 e. The molecule has 3 heteroatoms. The van der Waals surface area contributed by atoms with Gasteiger partial charge >= 0.3 is 0 Å². The van der Waals surface area contributed by atoms with Gasteiger partial charge in [0.25, 0.3) is 0 Å². The Balaban J connectivity index is 2.84. The second-order valence-corrected chi connectivity index (χ2v) is 4.28. The van der Waals surface area contributed by atoms with E-state index in [1.54, 1.807) is 24.4 Å². The van der Waals surface area contributed by atoms with Crippen molar-refractivity contribution >= 4 is 22.5 Å². The highest BCUT2D eigenvalue weighted by Crippen LogP contribution is 2.32. The van der Waals surface area contributed by atoms with E-state index >= 15 is 0 Å². The second-order valence-electron chi connectivity index (χ2n) is 3.88. The molecule has 0 saturated carbocycles. The zero-order chi connectivity index (χ0) is 11.0. The van der Waals surface area contributed by atoms with Gasteiger partial charge in [-0.1, -0.05) is 25.4 Å². The Labute approximate surface area is 93.5 Å². The lowest BCUT2D eigenvalue weighted by Gasteiger charge is -2.11. The average molecular weight is 222 g/mol. The van der Waals surface area contributed by atoms with Crippen LogP contribution in [0.25, 0.3) is 10.9 Å². The van der Waals surface area contributed by atoms with Crippen molar-refractivity contribution in [3.05, 3.63) is 35.0 Å². The van der Waals surface area contributed by atoms with E-state index in [4.69, 9.17) is 11.6 Å². The van der Waals surface area contributed by atoms with Crippen molar-refractivity contribution in [1.82, 2.24) is 4.98 Å². The molecule has 0 saturated heterocycles. The molecule has 0 radical (unpaired) electrons. The number of hydrogen-bond acceptors (Lipinski definition) is 2. The molecule has 1 N–H and O–H groups in total. The first-order valence-electron chi connectivity index (χ1n) is 4.86. The molecule has 0 aliphatic carbocycles. The van der Waals surface area contributed by atoms with Crippen LogP contribution in [0.3, 0.4) is 0 Å². The first-order valence-corrected chi connectivity index (χ1v) is 5.24. The molecule has 2 rings (SSSR count). The van der Waals surface area contributed by atoms with Gasteiger partial charge in [-0.25, -0.2) is 0 Å². The maximum atomic E-state index is 9.46. The summed E-state index contributed by atoms with van der Waals surface area (Å²) in [5.41, 5.74) is 1.90.